The number of alkyl halides is 6. The SMILES string of the molecule is CC.CC1C(C)C1c1cc(C(F)(F)F)cc(C(F)(F)F)c1. The van der Waals surface area contributed by atoms with E-state index < -0.39 is 23.5 Å². The second-order valence-electron chi connectivity index (χ2n) is 5.08. The Morgan fingerprint density at radius 3 is 1.29 bits per heavy atom. The van der Waals surface area contributed by atoms with Gasteiger partial charge in [-0.3, -0.25) is 0 Å². The summed E-state index contributed by atoms with van der Waals surface area (Å²) in [5, 5.41) is 0. The molecule has 1 saturated carbocycles. The molecule has 2 rings (SSSR count). The highest BCUT2D eigenvalue weighted by atomic mass is 19.4. The molecule has 0 radical (unpaired) electrons. The molecule has 0 heterocycles. The number of halogens is 6. The molecule has 0 N–H and O–H groups in total. The van der Waals surface area contributed by atoms with Crippen LogP contribution >= 0.6 is 0 Å². The molecule has 0 nitrogen and oxygen atoms in total. The van der Waals surface area contributed by atoms with Crippen molar-refractivity contribution in [2.45, 2.75) is 46.0 Å². The summed E-state index contributed by atoms with van der Waals surface area (Å²) in [6.45, 7) is 7.64. The summed E-state index contributed by atoms with van der Waals surface area (Å²) in [7, 11) is 0. The molecule has 2 unspecified atom stereocenters. The normalized spacial score (nSPS) is 25.1. The molecule has 0 bridgehead atoms. The van der Waals surface area contributed by atoms with Crippen LogP contribution in [-0.4, -0.2) is 0 Å². The van der Waals surface area contributed by atoms with Gasteiger partial charge < -0.3 is 0 Å². The van der Waals surface area contributed by atoms with Gasteiger partial charge in [-0.15, -0.1) is 0 Å². The summed E-state index contributed by atoms with van der Waals surface area (Å²) in [6.07, 6.45) is -9.53. The third kappa shape index (κ3) is 3.92. The van der Waals surface area contributed by atoms with E-state index in [1.165, 1.54) is 0 Å². The Kier molecular flexibility index (Phi) is 5.01. The summed E-state index contributed by atoms with van der Waals surface area (Å²) in [5.74, 6) is 0.0116. The Labute approximate surface area is 120 Å². The average Bonchev–Trinajstić information content (AvgIpc) is 2.97. The molecule has 0 aliphatic heterocycles. The third-order valence-electron chi connectivity index (χ3n) is 3.82. The van der Waals surface area contributed by atoms with Crippen molar-refractivity contribution in [3.05, 3.63) is 34.9 Å². The van der Waals surface area contributed by atoms with Gasteiger partial charge in [-0.05, 0) is 41.5 Å². The van der Waals surface area contributed by atoms with Crippen molar-refractivity contribution >= 4 is 0 Å². The van der Waals surface area contributed by atoms with Crippen LogP contribution in [0.2, 0.25) is 0 Å². The van der Waals surface area contributed by atoms with Gasteiger partial charge in [0.2, 0.25) is 0 Å². The van der Waals surface area contributed by atoms with E-state index >= 15 is 0 Å². The van der Waals surface area contributed by atoms with Crippen LogP contribution < -0.4 is 0 Å². The van der Waals surface area contributed by atoms with E-state index in [1.54, 1.807) is 0 Å². The van der Waals surface area contributed by atoms with Gasteiger partial charge in [0.15, 0.2) is 0 Å². The van der Waals surface area contributed by atoms with E-state index in [1.807, 2.05) is 27.7 Å². The van der Waals surface area contributed by atoms with Crippen LogP contribution in [0.4, 0.5) is 26.3 Å². The quantitative estimate of drug-likeness (QED) is 0.548. The number of rotatable bonds is 1. The van der Waals surface area contributed by atoms with Gasteiger partial charge in [-0.25, -0.2) is 0 Å². The monoisotopic (exact) mass is 312 g/mol. The lowest BCUT2D eigenvalue weighted by Gasteiger charge is -2.14. The minimum absolute atomic E-state index is 0.115. The van der Waals surface area contributed by atoms with Crippen molar-refractivity contribution in [2.24, 2.45) is 11.8 Å². The first kappa shape index (κ1) is 17.9. The van der Waals surface area contributed by atoms with Crippen molar-refractivity contribution in [1.82, 2.24) is 0 Å². The van der Waals surface area contributed by atoms with Crippen molar-refractivity contribution in [2.75, 3.05) is 0 Å². The summed E-state index contributed by atoms with van der Waals surface area (Å²) < 4.78 is 75.9. The third-order valence-corrected chi connectivity index (χ3v) is 3.82. The second kappa shape index (κ2) is 5.89. The molecule has 6 heteroatoms. The van der Waals surface area contributed by atoms with Gasteiger partial charge in [0.1, 0.15) is 0 Å². The van der Waals surface area contributed by atoms with E-state index in [0.29, 0.717) is 0 Å². The summed E-state index contributed by atoms with van der Waals surface area (Å²) in [4.78, 5) is 0. The highest BCUT2D eigenvalue weighted by Gasteiger charge is 2.46. The van der Waals surface area contributed by atoms with E-state index in [9.17, 15) is 26.3 Å². The molecular formula is C15H18F6. The lowest BCUT2D eigenvalue weighted by Crippen LogP contribution is -2.11. The van der Waals surface area contributed by atoms with Crippen LogP contribution in [0.15, 0.2) is 18.2 Å². The predicted octanol–water partition coefficient (Wildman–Crippen LogP) is 6.12. The fourth-order valence-corrected chi connectivity index (χ4v) is 2.44. The number of hydrogen-bond donors (Lipinski definition) is 0. The maximum Gasteiger partial charge on any atom is 0.416 e. The average molecular weight is 312 g/mol. The van der Waals surface area contributed by atoms with Crippen molar-refractivity contribution in [3.8, 4) is 0 Å². The first-order valence-corrected chi connectivity index (χ1v) is 6.81. The molecule has 1 aliphatic rings. The van der Waals surface area contributed by atoms with Crippen LogP contribution in [0.1, 0.15) is 50.3 Å². The highest BCUT2D eigenvalue weighted by Crippen LogP contribution is 2.54. The maximum atomic E-state index is 12.6. The number of hydrogen-bond acceptors (Lipinski definition) is 0. The number of benzene rings is 1. The fraction of sp³-hybridized carbons (Fsp3) is 0.600. The van der Waals surface area contributed by atoms with Gasteiger partial charge in [0.05, 0.1) is 11.1 Å². The first-order valence-electron chi connectivity index (χ1n) is 6.81. The maximum absolute atomic E-state index is 12.6. The van der Waals surface area contributed by atoms with E-state index in [0.717, 1.165) is 12.1 Å². The molecule has 1 fully saturated rings. The Bertz CT molecular complexity index is 446. The molecule has 120 valence electrons. The van der Waals surface area contributed by atoms with Crippen molar-refractivity contribution in [3.63, 3.8) is 0 Å². The lowest BCUT2D eigenvalue weighted by molar-refractivity contribution is -0.143. The molecule has 0 spiro atoms. The molecule has 0 amide bonds. The Morgan fingerprint density at radius 1 is 0.714 bits per heavy atom. The predicted molar refractivity (Wildman–Crippen MR) is 68.9 cm³/mol. The largest absolute Gasteiger partial charge is 0.416 e. The molecule has 2 atom stereocenters. The summed E-state index contributed by atoms with van der Waals surface area (Å²) >= 11 is 0. The van der Waals surface area contributed by atoms with E-state index in [-0.39, 0.29) is 29.4 Å². The standard InChI is InChI=1S/C13H12F6.C2H6/c1-6-7(2)11(6)8-3-9(12(14,15)16)5-10(4-8)13(17,18)19;1-2/h3-7,11H,1-2H3;1-2H3. The molecule has 1 aliphatic carbocycles. The molecule has 0 aromatic heterocycles. The van der Waals surface area contributed by atoms with Gasteiger partial charge in [-0.2, -0.15) is 26.3 Å². The molecule has 21 heavy (non-hydrogen) atoms. The Morgan fingerprint density at radius 2 is 1.05 bits per heavy atom. The Hall–Kier alpha value is -1.20. The van der Waals surface area contributed by atoms with Crippen LogP contribution in [0, 0.1) is 11.8 Å². The van der Waals surface area contributed by atoms with Crippen LogP contribution in [-0.2, 0) is 12.4 Å². The molecule has 1 aromatic rings. The Balaban J connectivity index is 0.00000106. The zero-order valence-corrected chi connectivity index (χ0v) is 12.2. The van der Waals surface area contributed by atoms with Crippen molar-refractivity contribution < 1.29 is 26.3 Å². The fourth-order valence-electron chi connectivity index (χ4n) is 2.44. The minimum atomic E-state index is -4.77. The van der Waals surface area contributed by atoms with Gasteiger partial charge >= 0.3 is 12.4 Å². The zero-order valence-electron chi connectivity index (χ0n) is 12.2. The lowest BCUT2D eigenvalue weighted by atomic mass is 10.0. The van der Waals surface area contributed by atoms with Crippen LogP contribution in [0.25, 0.3) is 0 Å². The van der Waals surface area contributed by atoms with Crippen LogP contribution in [0.3, 0.4) is 0 Å². The summed E-state index contributed by atoms with van der Waals surface area (Å²) in [6, 6.07) is 1.83. The zero-order chi connectivity index (χ0) is 16.6. The smallest absolute Gasteiger partial charge is 0.166 e. The highest BCUT2D eigenvalue weighted by molar-refractivity contribution is 5.38. The van der Waals surface area contributed by atoms with E-state index in [2.05, 4.69) is 0 Å². The van der Waals surface area contributed by atoms with Gasteiger partial charge in [0.25, 0.3) is 0 Å². The molecule has 1 aromatic carbocycles. The minimum Gasteiger partial charge on any atom is -0.166 e. The van der Waals surface area contributed by atoms with Gasteiger partial charge in [-0.1, -0.05) is 27.7 Å². The van der Waals surface area contributed by atoms with E-state index in [4.69, 9.17) is 0 Å². The second-order valence-corrected chi connectivity index (χ2v) is 5.08. The first-order chi connectivity index (χ1) is 9.51. The van der Waals surface area contributed by atoms with Gasteiger partial charge in [0, 0.05) is 0 Å². The summed E-state index contributed by atoms with van der Waals surface area (Å²) in [5.41, 5.74) is -2.34. The molecule has 0 saturated heterocycles. The van der Waals surface area contributed by atoms with Crippen molar-refractivity contribution in [1.29, 1.82) is 0 Å². The molecular weight excluding hydrogens is 294 g/mol. The topological polar surface area (TPSA) is 0 Å². The van der Waals surface area contributed by atoms with Crippen LogP contribution in [0.5, 0.6) is 0 Å².